The minimum Gasteiger partial charge on any atom is -0.465 e. The van der Waals surface area contributed by atoms with Gasteiger partial charge in [-0.25, -0.2) is 4.79 Å². The fourth-order valence-electron chi connectivity index (χ4n) is 2.35. The van der Waals surface area contributed by atoms with Crippen molar-refractivity contribution in [3.8, 4) is 0 Å². The van der Waals surface area contributed by atoms with Crippen molar-refractivity contribution in [1.82, 2.24) is 5.32 Å². The molecule has 2 rings (SSSR count). The van der Waals surface area contributed by atoms with Gasteiger partial charge in [0.25, 0.3) is 0 Å². The summed E-state index contributed by atoms with van der Waals surface area (Å²) in [7, 11) is 1.39. The average Bonchev–Trinajstić information content (AvgIpc) is 2.46. The standard InChI is InChI=1S/C14H18Br2N2O2/c1-20-14(19)11-6-9(15)7-12(16)13(11)18-8-10-4-2-3-5-17-10/h6-7,10,17-18H,2-5,8H2,1H3. The molecular formula is C14H18Br2N2O2. The molecule has 110 valence electrons. The Morgan fingerprint density at radius 3 is 2.90 bits per heavy atom. The zero-order chi connectivity index (χ0) is 14.5. The van der Waals surface area contributed by atoms with Gasteiger partial charge in [0.2, 0.25) is 0 Å². The van der Waals surface area contributed by atoms with Crippen molar-refractivity contribution in [2.45, 2.75) is 25.3 Å². The second kappa shape index (κ2) is 7.43. The zero-order valence-electron chi connectivity index (χ0n) is 11.3. The first-order valence-corrected chi connectivity index (χ1v) is 8.25. The average molecular weight is 406 g/mol. The number of piperidine rings is 1. The lowest BCUT2D eigenvalue weighted by molar-refractivity contribution is 0.0601. The second-order valence-corrected chi connectivity index (χ2v) is 6.60. The molecule has 0 aliphatic carbocycles. The van der Waals surface area contributed by atoms with Gasteiger partial charge in [-0.15, -0.1) is 0 Å². The van der Waals surface area contributed by atoms with Gasteiger partial charge >= 0.3 is 5.97 Å². The van der Waals surface area contributed by atoms with Gasteiger partial charge in [0.15, 0.2) is 0 Å². The minimum atomic E-state index is -0.342. The van der Waals surface area contributed by atoms with Crippen molar-refractivity contribution in [3.05, 3.63) is 26.6 Å². The van der Waals surface area contributed by atoms with Crippen LogP contribution in [-0.2, 0) is 4.74 Å². The van der Waals surface area contributed by atoms with Gasteiger partial charge in [0.05, 0.1) is 18.4 Å². The molecule has 0 amide bonds. The first-order valence-electron chi connectivity index (χ1n) is 6.66. The molecule has 1 heterocycles. The van der Waals surface area contributed by atoms with Crippen LogP contribution < -0.4 is 10.6 Å². The molecule has 1 saturated heterocycles. The summed E-state index contributed by atoms with van der Waals surface area (Å²) >= 11 is 6.89. The Morgan fingerprint density at radius 2 is 2.25 bits per heavy atom. The predicted molar refractivity (Wildman–Crippen MR) is 87.3 cm³/mol. The molecule has 1 unspecified atom stereocenters. The summed E-state index contributed by atoms with van der Waals surface area (Å²) in [6.07, 6.45) is 3.66. The maximum Gasteiger partial charge on any atom is 0.340 e. The Kier molecular flexibility index (Phi) is 5.86. The highest BCUT2D eigenvalue weighted by molar-refractivity contribution is 9.11. The number of ether oxygens (including phenoxy) is 1. The van der Waals surface area contributed by atoms with Crippen molar-refractivity contribution in [3.63, 3.8) is 0 Å². The molecule has 6 heteroatoms. The number of rotatable bonds is 4. The number of benzene rings is 1. The fraction of sp³-hybridized carbons (Fsp3) is 0.500. The maximum absolute atomic E-state index is 11.9. The van der Waals surface area contributed by atoms with Crippen LogP contribution in [0.1, 0.15) is 29.6 Å². The van der Waals surface area contributed by atoms with Crippen LogP contribution in [0.2, 0.25) is 0 Å². The third-order valence-corrected chi connectivity index (χ3v) is 4.48. The van der Waals surface area contributed by atoms with E-state index < -0.39 is 0 Å². The molecule has 20 heavy (non-hydrogen) atoms. The number of methoxy groups -OCH3 is 1. The number of esters is 1. The summed E-state index contributed by atoms with van der Waals surface area (Å²) in [5, 5.41) is 6.84. The molecule has 2 N–H and O–H groups in total. The molecule has 0 aromatic heterocycles. The number of halogens is 2. The maximum atomic E-state index is 11.9. The van der Waals surface area contributed by atoms with E-state index in [0.717, 1.165) is 34.1 Å². The first kappa shape index (κ1) is 15.8. The van der Waals surface area contributed by atoms with Gasteiger partial charge in [0, 0.05) is 21.5 Å². The Labute approximate surface area is 135 Å². The van der Waals surface area contributed by atoms with Crippen LogP contribution in [0.5, 0.6) is 0 Å². The molecule has 0 bridgehead atoms. The Morgan fingerprint density at radius 1 is 1.45 bits per heavy atom. The quantitative estimate of drug-likeness (QED) is 0.752. The van der Waals surface area contributed by atoms with Crippen molar-refractivity contribution < 1.29 is 9.53 Å². The largest absolute Gasteiger partial charge is 0.465 e. The van der Waals surface area contributed by atoms with E-state index >= 15 is 0 Å². The molecule has 1 aliphatic heterocycles. The van der Waals surface area contributed by atoms with Crippen LogP contribution in [-0.4, -0.2) is 32.2 Å². The number of anilines is 1. The van der Waals surface area contributed by atoms with E-state index in [0.29, 0.717) is 11.6 Å². The summed E-state index contributed by atoms with van der Waals surface area (Å²) in [4.78, 5) is 11.9. The van der Waals surface area contributed by atoms with E-state index in [9.17, 15) is 4.79 Å². The van der Waals surface area contributed by atoms with Crippen LogP contribution in [0.3, 0.4) is 0 Å². The summed E-state index contributed by atoms with van der Waals surface area (Å²) in [6.45, 7) is 1.86. The van der Waals surface area contributed by atoms with Crippen LogP contribution in [0.4, 0.5) is 5.69 Å². The highest BCUT2D eigenvalue weighted by Crippen LogP contribution is 2.31. The number of carbonyl (C=O) groups is 1. The zero-order valence-corrected chi connectivity index (χ0v) is 14.5. The topological polar surface area (TPSA) is 50.4 Å². The molecule has 1 aliphatic rings. The number of carbonyl (C=O) groups excluding carboxylic acids is 1. The summed E-state index contributed by atoms with van der Waals surface area (Å²) in [5.41, 5.74) is 1.32. The molecule has 1 atom stereocenters. The van der Waals surface area contributed by atoms with Crippen LogP contribution in [0.25, 0.3) is 0 Å². The van der Waals surface area contributed by atoms with E-state index in [1.54, 1.807) is 6.07 Å². The lowest BCUT2D eigenvalue weighted by Gasteiger charge is -2.25. The summed E-state index contributed by atoms with van der Waals surface area (Å²) in [5.74, 6) is -0.342. The third kappa shape index (κ3) is 3.96. The smallest absolute Gasteiger partial charge is 0.340 e. The number of nitrogens with one attached hydrogen (secondary N) is 2. The highest BCUT2D eigenvalue weighted by atomic mass is 79.9. The van der Waals surface area contributed by atoms with Gasteiger partial charge in [-0.05, 0) is 47.4 Å². The van der Waals surface area contributed by atoms with E-state index in [-0.39, 0.29) is 5.97 Å². The SMILES string of the molecule is COC(=O)c1cc(Br)cc(Br)c1NCC1CCCCN1. The molecule has 0 saturated carbocycles. The van der Waals surface area contributed by atoms with Gasteiger partial charge in [-0.2, -0.15) is 0 Å². The normalized spacial score (nSPS) is 18.6. The minimum absolute atomic E-state index is 0.342. The Balaban J connectivity index is 2.14. The molecule has 0 radical (unpaired) electrons. The Hall–Kier alpha value is -0.590. The van der Waals surface area contributed by atoms with Gasteiger partial charge in [-0.3, -0.25) is 0 Å². The second-order valence-electron chi connectivity index (χ2n) is 4.83. The van der Waals surface area contributed by atoms with E-state index in [1.165, 1.54) is 20.0 Å². The van der Waals surface area contributed by atoms with Gasteiger partial charge < -0.3 is 15.4 Å². The van der Waals surface area contributed by atoms with Crippen LogP contribution in [0.15, 0.2) is 21.1 Å². The molecule has 0 spiro atoms. The molecular weight excluding hydrogens is 388 g/mol. The first-order chi connectivity index (χ1) is 9.61. The molecule has 1 aromatic carbocycles. The lowest BCUT2D eigenvalue weighted by Crippen LogP contribution is -2.39. The lowest BCUT2D eigenvalue weighted by atomic mass is 10.0. The van der Waals surface area contributed by atoms with Crippen molar-refractivity contribution in [2.24, 2.45) is 0 Å². The van der Waals surface area contributed by atoms with E-state index in [4.69, 9.17) is 4.74 Å². The predicted octanol–water partition coefficient (Wildman–Crippen LogP) is 3.55. The van der Waals surface area contributed by atoms with Gasteiger partial charge in [-0.1, -0.05) is 22.4 Å². The number of hydrogen-bond acceptors (Lipinski definition) is 4. The number of hydrogen-bond donors (Lipinski definition) is 2. The fourth-order valence-corrected chi connectivity index (χ4v) is 3.71. The monoisotopic (exact) mass is 404 g/mol. The molecule has 1 aromatic rings. The summed E-state index contributed by atoms with van der Waals surface area (Å²) in [6, 6.07) is 4.14. The highest BCUT2D eigenvalue weighted by Gasteiger charge is 2.18. The van der Waals surface area contributed by atoms with E-state index in [1.807, 2.05) is 6.07 Å². The molecule has 1 fully saturated rings. The van der Waals surface area contributed by atoms with Crippen molar-refractivity contribution in [2.75, 3.05) is 25.5 Å². The van der Waals surface area contributed by atoms with Crippen LogP contribution >= 0.6 is 31.9 Å². The van der Waals surface area contributed by atoms with Crippen molar-refractivity contribution >= 4 is 43.5 Å². The Bertz CT molecular complexity index is 488. The van der Waals surface area contributed by atoms with Crippen LogP contribution in [0, 0.1) is 0 Å². The summed E-state index contributed by atoms with van der Waals surface area (Å²) < 4.78 is 6.53. The van der Waals surface area contributed by atoms with E-state index in [2.05, 4.69) is 42.5 Å². The van der Waals surface area contributed by atoms with Gasteiger partial charge in [0.1, 0.15) is 0 Å². The van der Waals surface area contributed by atoms with Crippen molar-refractivity contribution in [1.29, 1.82) is 0 Å². The third-order valence-electron chi connectivity index (χ3n) is 3.40. The molecule has 4 nitrogen and oxygen atoms in total.